The van der Waals surface area contributed by atoms with E-state index in [1.807, 2.05) is 0 Å². The Morgan fingerprint density at radius 2 is 1.17 bits per heavy atom. The fourth-order valence-corrected chi connectivity index (χ4v) is 3.14. The van der Waals surface area contributed by atoms with Gasteiger partial charge in [-0.2, -0.15) is 0 Å². The van der Waals surface area contributed by atoms with Crippen molar-refractivity contribution in [2.24, 2.45) is 5.92 Å². The summed E-state index contributed by atoms with van der Waals surface area (Å²) in [5.41, 5.74) is 0. The van der Waals surface area contributed by atoms with Crippen molar-refractivity contribution in [1.82, 2.24) is 0 Å². The van der Waals surface area contributed by atoms with E-state index in [1.165, 1.54) is 57.8 Å². The molecule has 0 aliphatic carbocycles. The Labute approximate surface area is 146 Å². The molecule has 0 saturated carbocycles. The highest BCUT2D eigenvalue weighted by Crippen LogP contribution is 2.34. The molecule has 0 aliphatic rings. The zero-order valence-electron chi connectivity index (χ0n) is 16.8. The summed E-state index contributed by atoms with van der Waals surface area (Å²) in [5, 5.41) is 0. The van der Waals surface area contributed by atoms with Crippen LogP contribution >= 0.6 is 0 Å². The monoisotopic (exact) mass is 328 g/mol. The summed E-state index contributed by atoms with van der Waals surface area (Å²) in [7, 11) is 0. The third kappa shape index (κ3) is 10.4. The number of ether oxygens (including phenoxy) is 2. The van der Waals surface area contributed by atoms with Gasteiger partial charge in [0.25, 0.3) is 0 Å². The molecule has 0 aromatic carbocycles. The molecule has 0 N–H and O–H groups in total. The van der Waals surface area contributed by atoms with E-state index in [4.69, 9.17) is 9.47 Å². The molecule has 1 atom stereocenters. The smallest absolute Gasteiger partial charge is 0.170 e. The van der Waals surface area contributed by atoms with Crippen molar-refractivity contribution in [1.29, 1.82) is 0 Å². The van der Waals surface area contributed by atoms with Gasteiger partial charge in [0.05, 0.1) is 0 Å². The number of hydrogen-bond donors (Lipinski definition) is 0. The molecule has 23 heavy (non-hydrogen) atoms. The van der Waals surface area contributed by atoms with Gasteiger partial charge in [-0.25, -0.2) is 0 Å². The lowest BCUT2D eigenvalue weighted by molar-refractivity contribution is -0.270. The van der Waals surface area contributed by atoms with Gasteiger partial charge in [-0.3, -0.25) is 0 Å². The summed E-state index contributed by atoms with van der Waals surface area (Å²) in [6.07, 6.45) is 14.9. The van der Waals surface area contributed by atoms with Crippen LogP contribution in [0.25, 0.3) is 0 Å². The topological polar surface area (TPSA) is 18.5 Å². The average Bonchev–Trinajstić information content (AvgIpc) is 2.57. The quantitative estimate of drug-likeness (QED) is 0.209. The summed E-state index contributed by atoms with van der Waals surface area (Å²) in [4.78, 5) is 0. The summed E-state index contributed by atoms with van der Waals surface area (Å²) >= 11 is 0. The predicted molar refractivity (Wildman–Crippen MR) is 102 cm³/mol. The largest absolute Gasteiger partial charge is 0.350 e. The second kappa shape index (κ2) is 15.4. The van der Waals surface area contributed by atoms with Crippen LogP contribution in [-0.4, -0.2) is 19.0 Å². The third-order valence-electron chi connectivity index (χ3n) is 4.72. The molecule has 1 unspecified atom stereocenters. The van der Waals surface area contributed by atoms with Gasteiger partial charge in [0, 0.05) is 25.6 Å². The van der Waals surface area contributed by atoms with Crippen LogP contribution in [0.2, 0.25) is 0 Å². The first-order valence-electron chi connectivity index (χ1n) is 10.4. The van der Waals surface area contributed by atoms with E-state index in [-0.39, 0.29) is 5.79 Å². The molecule has 140 valence electrons. The Bertz CT molecular complexity index is 218. The summed E-state index contributed by atoms with van der Waals surface area (Å²) in [6.45, 7) is 12.9. The van der Waals surface area contributed by atoms with Gasteiger partial charge in [0.15, 0.2) is 5.79 Å². The minimum atomic E-state index is -0.342. The van der Waals surface area contributed by atoms with Gasteiger partial charge in [0.2, 0.25) is 0 Å². The highest BCUT2D eigenvalue weighted by molar-refractivity contribution is 4.78. The molecule has 0 aromatic heterocycles. The van der Waals surface area contributed by atoms with Crippen LogP contribution < -0.4 is 0 Å². The predicted octanol–water partition coefficient (Wildman–Crippen LogP) is 7.11. The second-order valence-corrected chi connectivity index (χ2v) is 7.07. The van der Waals surface area contributed by atoms with E-state index in [0.717, 1.165) is 32.5 Å². The highest BCUT2D eigenvalue weighted by Gasteiger charge is 2.37. The Balaban J connectivity index is 4.50. The Morgan fingerprint density at radius 3 is 1.70 bits per heavy atom. The van der Waals surface area contributed by atoms with Gasteiger partial charge < -0.3 is 9.47 Å². The van der Waals surface area contributed by atoms with Crippen LogP contribution in [0, 0.1) is 5.92 Å². The molecule has 0 heterocycles. The van der Waals surface area contributed by atoms with E-state index < -0.39 is 0 Å². The van der Waals surface area contributed by atoms with Gasteiger partial charge in [0.1, 0.15) is 0 Å². The highest BCUT2D eigenvalue weighted by atomic mass is 16.7. The summed E-state index contributed by atoms with van der Waals surface area (Å²) in [5.74, 6) is 0.143. The molecule has 2 heteroatoms. The van der Waals surface area contributed by atoms with Crippen LogP contribution in [0.3, 0.4) is 0 Å². The standard InChI is InChI=1S/C21H44O2/c1-6-10-12-13-14-15-16-20(5)21(17-11-7-2,22-18-8-3)23-19-9-4/h20H,6-19H2,1-5H3. The Hall–Kier alpha value is -0.0800. The minimum absolute atomic E-state index is 0.342. The SMILES string of the molecule is CCCCCCCCC(C)C(CCCC)(OCCC)OCCC. The molecule has 2 nitrogen and oxygen atoms in total. The number of unbranched alkanes of at least 4 members (excludes halogenated alkanes) is 6. The van der Waals surface area contributed by atoms with E-state index in [9.17, 15) is 0 Å². The van der Waals surface area contributed by atoms with Crippen molar-refractivity contribution in [3.63, 3.8) is 0 Å². The molecule has 0 spiro atoms. The van der Waals surface area contributed by atoms with Gasteiger partial charge >= 0.3 is 0 Å². The van der Waals surface area contributed by atoms with Crippen LogP contribution in [0.5, 0.6) is 0 Å². The maximum atomic E-state index is 6.32. The van der Waals surface area contributed by atoms with E-state index in [1.54, 1.807) is 0 Å². The maximum Gasteiger partial charge on any atom is 0.170 e. The van der Waals surface area contributed by atoms with E-state index in [0.29, 0.717) is 5.92 Å². The first-order valence-corrected chi connectivity index (χ1v) is 10.4. The Kier molecular flexibility index (Phi) is 15.4. The summed E-state index contributed by atoms with van der Waals surface area (Å²) in [6, 6.07) is 0. The van der Waals surface area contributed by atoms with Crippen molar-refractivity contribution < 1.29 is 9.47 Å². The van der Waals surface area contributed by atoms with Crippen LogP contribution in [-0.2, 0) is 9.47 Å². The lowest BCUT2D eigenvalue weighted by atomic mass is 9.89. The van der Waals surface area contributed by atoms with Gasteiger partial charge in [-0.1, -0.05) is 79.6 Å². The molecular formula is C21H44O2. The van der Waals surface area contributed by atoms with Crippen molar-refractivity contribution in [3.05, 3.63) is 0 Å². The van der Waals surface area contributed by atoms with E-state index >= 15 is 0 Å². The Morgan fingerprint density at radius 1 is 0.652 bits per heavy atom. The fraction of sp³-hybridized carbons (Fsp3) is 1.00. The maximum absolute atomic E-state index is 6.32. The molecular weight excluding hydrogens is 284 g/mol. The lowest BCUT2D eigenvalue weighted by Gasteiger charge is -2.39. The van der Waals surface area contributed by atoms with Crippen molar-refractivity contribution in [2.45, 2.75) is 117 Å². The zero-order valence-corrected chi connectivity index (χ0v) is 16.8. The van der Waals surface area contributed by atoms with E-state index in [2.05, 4.69) is 34.6 Å². The van der Waals surface area contributed by atoms with Crippen LogP contribution in [0.4, 0.5) is 0 Å². The second-order valence-electron chi connectivity index (χ2n) is 7.07. The van der Waals surface area contributed by atoms with Crippen LogP contribution in [0.1, 0.15) is 112 Å². The zero-order chi connectivity index (χ0) is 17.4. The molecule has 0 rings (SSSR count). The summed E-state index contributed by atoms with van der Waals surface area (Å²) < 4.78 is 12.6. The van der Waals surface area contributed by atoms with Crippen LogP contribution in [0.15, 0.2) is 0 Å². The number of rotatable bonds is 17. The number of hydrogen-bond acceptors (Lipinski definition) is 2. The molecule has 0 saturated heterocycles. The average molecular weight is 329 g/mol. The fourth-order valence-electron chi connectivity index (χ4n) is 3.14. The molecule has 0 aromatic rings. The molecule has 0 bridgehead atoms. The third-order valence-corrected chi connectivity index (χ3v) is 4.72. The first kappa shape index (κ1) is 22.9. The van der Waals surface area contributed by atoms with Gasteiger partial charge in [-0.05, 0) is 25.7 Å². The van der Waals surface area contributed by atoms with Gasteiger partial charge in [-0.15, -0.1) is 0 Å². The van der Waals surface area contributed by atoms with Crippen molar-refractivity contribution in [2.75, 3.05) is 13.2 Å². The first-order chi connectivity index (χ1) is 11.2. The minimum Gasteiger partial charge on any atom is -0.350 e. The lowest BCUT2D eigenvalue weighted by Crippen LogP contribution is -2.43. The molecule has 0 amide bonds. The molecule has 0 aliphatic heterocycles. The molecule has 0 fully saturated rings. The van der Waals surface area contributed by atoms with Crippen molar-refractivity contribution >= 4 is 0 Å². The molecule has 0 radical (unpaired) electrons. The normalized spacial score (nSPS) is 13.4. The van der Waals surface area contributed by atoms with Crippen molar-refractivity contribution in [3.8, 4) is 0 Å².